The summed E-state index contributed by atoms with van der Waals surface area (Å²) in [5, 5.41) is 2.66. The molecule has 3 nitrogen and oxygen atoms in total. The van der Waals surface area contributed by atoms with E-state index < -0.39 is 11.6 Å². The van der Waals surface area contributed by atoms with Crippen molar-refractivity contribution in [3.8, 4) is 0 Å². The number of carbonyl (C=O) groups excluding carboxylic acids is 1. The van der Waals surface area contributed by atoms with Crippen LogP contribution in [-0.4, -0.2) is 18.5 Å². The average molecular weight is 226 g/mol. The van der Waals surface area contributed by atoms with Crippen LogP contribution < -0.4 is 10.2 Å². The van der Waals surface area contributed by atoms with Gasteiger partial charge < -0.3 is 10.2 Å². The van der Waals surface area contributed by atoms with Crippen LogP contribution in [-0.2, 0) is 4.79 Å². The molecule has 0 saturated heterocycles. The number of amides is 1. The molecule has 0 spiro atoms. The van der Waals surface area contributed by atoms with Gasteiger partial charge in [-0.05, 0) is 19.9 Å². The number of hydrogen-bond donors (Lipinski definition) is 1. The van der Waals surface area contributed by atoms with Gasteiger partial charge in [0.15, 0.2) is 5.82 Å². The Morgan fingerprint density at radius 2 is 2.06 bits per heavy atom. The first-order chi connectivity index (χ1) is 7.50. The van der Waals surface area contributed by atoms with Crippen molar-refractivity contribution in [2.45, 2.75) is 19.9 Å². The summed E-state index contributed by atoms with van der Waals surface area (Å²) >= 11 is 0. The highest BCUT2D eigenvalue weighted by atomic mass is 19.1. The Labute approximate surface area is 92.1 Å². The summed E-state index contributed by atoms with van der Waals surface area (Å²) in [6.07, 6.45) is 0. The van der Waals surface area contributed by atoms with Crippen molar-refractivity contribution in [3.05, 3.63) is 23.8 Å². The Balaban J connectivity index is 2.58. The highest BCUT2D eigenvalue weighted by molar-refractivity contribution is 6.03. The lowest BCUT2D eigenvalue weighted by molar-refractivity contribution is -0.117. The third-order valence-corrected chi connectivity index (χ3v) is 2.50. The fraction of sp³-hybridized carbons (Fsp3) is 0.364. The highest BCUT2D eigenvalue weighted by Gasteiger charge is 2.28. The molecule has 1 N–H and O–H groups in total. The molecule has 16 heavy (non-hydrogen) atoms. The molecule has 2 rings (SSSR count). The molecule has 1 heterocycles. The van der Waals surface area contributed by atoms with Gasteiger partial charge >= 0.3 is 0 Å². The molecule has 0 radical (unpaired) electrons. The van der Waals surface area contributed by atoms with Crippen LogP contribution in [0, 0.1) is 11.6 Å². The zero-order valence-electron chi connectivity index (χ0n) is 9.05. The van der Waals surface area contributed by atoms with Gasteiger partial charge in [0.1, 0.15) is 5.82 Å². The zero-order valence-corrected chi connectivity index (χ0v) is 9.05. The number of fused-ring (bicyclic) bond motifs is 1. The van der Waals surface area contributed by atoms with E-state index in [1.165, 1.54) is 11.0 Å². The number of benzene rings is 1. The predicted octanol–water partition coefficient (Wildman–Crippen LogP) is 2.13. The second kappa shape index (κ2) is 3.73. The van der Waals surface area contributed by atoms with Gasteiger partial charge in [-0.25, -0.2) is 8.78 Å². The highest BCUT2D eigenvalue weighted by Crippen LogP contribution is 2.34. The summed E-state index contributed by atoms with van der Waals surface area (Å²) in [6, 6.07) is 1.84. The number of carbonyl (C=O) groups is 1. The lowest BCUT2D eigenvalue weighted by Crippen LogP contribution is -2.44. The minimum absolute atomic E-state index is 0.0354. The third kappa shape index (κ3) is 1.62. The maximum atomic E-state index is 13.5. The Kier molecular flexibility index (Phi) is 2.53. The number of anilines is 2. The average Bonchev–Trinajstić information content (AvgIpc) is 2.15. The summed E-state index contributed by atoms with van der Waals surface area (Å²) in [5.74, 6) is -1.54. The van der Waals surface area contributed by atoms with E-state index in [-0.39, 0.29) is 29.9 Å². The molecule has 1 aliphatic heterocycles. The van der Waals surface area contributed by atoms with Crippen molar-refractivity contribution in [3.63, 3.8) is 0 Å². The minimum Gasteiger partial charge on any atom is -0.372 e. The van der Waals surface area contributed by atoms with Gasteiger partial charge in [0.25, 0.3) is 0 Å². The summed E-state index contributed by atoms with van der Waals surface area (Å²) in [7, 11) is 0. The lowest BCUT2D eigenvalue weighted by atomic mass is 10.1. The van der Waals surface area contributed by atoms with Gasteiger partial charge in [-0.3, -0.25) is 4.79 Å². The second-order valence-electron chi connectivity index (χ2n) is 3.99. The van der Waals surface area contributed by atoms with E-state index in [4.69, 9.17) is 0 Å². The molecule has 1 amide bonds. The maximum absolute atomic E-state index is 13.5. The van der Waals surface area contributed by atoms with Gasteiger partial charge in [0, 0.05) is 12.1 Å². The van der Waals surface area contributed by atoms with Crippen LogP contribution in [0.4, 0.5) is 20.2 Å². The van der Waals surface area contributed by atoms with Crippen molar-refractivity contribution in [2.75, 3.05) is 16.8 Å². The standard InChI is InChI=1S/C11H12F2N2O/c1-6(2)15-9-4-7(12)3-8(13)11(9)14-5-10(15)16/h3-4,6,14H,5H2,1-2H3. The van der Waals surface area contributed by atoms with Crippen molar-refractivity contribution in [1.82, 2.24) is 0 Å². The first-order valence-electron chi connectivity index (χ1n) is 5.05. The fourth-order valence-electron chi connectivity index (χ4n) is 1.87. The molecule has 1 aromatic carbocycles. The van der Waals surface area contributed by atoms with Gasteiger partial charge in [-0.15, -0.1) is 0 Å². The number of nitrogens with zero attached hydrogens (tertiary/aromatic N) is 1. The summed E-state index contributed by atoms with van der Waals surface area (Å²) in [5.41, 5.74) is 0.457. The van der Waals surface area contributed by atoms with E-state index in [9.17, 15) is 13.6 Å². The van der Waals surface area contributed by atoms with Gasteiger partial charge in [0.2, 0.25) is 5.91 Å². The fourth-order valence-corrected chi connectivity index (χ4v) is 1.87. The van der Waals surface area contributed by atoms with E-state index in [0.717, 1.165) is 6.07 Å². The maximum Gasteiger partial charge on any atom is 0.246 e. The van der Waals surface area contributed by atoms with Crippen molar-refractivity contribution in [2.24, 2.45) is 0 Å². The van der Waals surface area contributed by atoms with Crippen molar-refractivity contribution < 1.29 is 13.6 Å². The topological polar surface area (TPSA) is 32.3 Å². The van der Waals surface area contributed by atoms with Crippen LogP contribution in [0.5, 0.6) is 0 Å². The molecule has 0 bridgehead atoms. The summed E-state index contributed by atoms with van der Waals surface area (Å²) < 4.78 is 26.6. The Morgan fingerprint density at radius 1 is 1.38 bits per heavy atom. The van der Waals surface area contributed by atoms with E-state index in [0.29, 0.717) is 0 Å². The molecular formula is C11H12F2N2O. The molecule has 0 aromatic heterocycles. The van der Waals surface area contributed by atoms with Crippen LogP contribution in [0.3, 0.4) is 0 Å². The van der Waals surface area contributed by atoms with Gasteiger partial charge in [-0.2, -0.15) is 0 Å². The van der Waals surface area contributed by atoms with Crippen molar-refractivity contribution in [1.29, 1.82) is 0 Å². The first-order valence-corrected chi connectivity index (χ1v) is 5.05. The van der Waals surface area contributed by atoms with Crippen LogP contribution >= 0.6 is 0 Å². The molecule has 0 aliphatic carbocycles. The quantitative estimate of drug-likeness (QED) is 0.795. The van der Waals surface area contributed by atoms with E-state index >= 15 is 0 Å². The molecule has 0 unspecified atom stereocenters. The normalized spacial score (nSPS) is 15.1. The van der Waals surface area contributed by atoms with Crippen LogP contribution in [0.15, 0.2) is 12.1 Å². The SMILES string of the molecule is CC(C)N1C(=O)CNc2c(F)cc(F)cc21. The molecule has 1 aliphatic rings. The van der Waals surface area contributed by atoms with E-state index in [1.54, 1.807) is 13.8 Å². The minimum atomic E-state index is -0.682. The Hall–Kier alpha value is -1.65. The molecule has 0 saturated carbocycles. The second-order valence-corrected chi connectivity index (χ2v) is 3.99. The van der Waals surface area contributed by atoms with Crippen LogP contribution in [0.2, 0.25) is 0 Å². The van der Waals surface area contributed by atoms with Crippen LogP contribution in [0.25, 0.3) is 0 Å². The first kappa shape index (κ1) is 10.9. The van der Waals surface area contributed by atoms with E-state index in [2.05, 4.69) is 5.32 Å². The van der Waals surface area contributed by atoms with Crippen LogP contribution in [0.1, 0.15) is 13.8 Å². The van der Waals surface area contributed by atoms with Gasteiger partial charge in [-0.1, -0.05) is 0 Å². The summed E-state index contributed by atoms with van der Waals surface area (Å²) in [6.45, 7) is 3.64. The Morgan fingerprint density at radius 3 is 2.69 bits per heavy atom. The molecule has 0 fully saturated rings. The largest absolute Gasteiger partial charge is 0.372 e. The molecular weight excluding hydrogens is 214 g/mol. The monoisotopic (exact) mass is 226 g/mol. The van der Waals surface area contributed by atoms with Gasteiger partial charge in [0.05, 0.1) is 17.9 Å². The predicted molar refractivity (Wildman–Crippen MR) is 57.5 cm³/mol. The smallest absolute Gasteiger partial charge is 0.246 e. The molecule has 1 aromatic rings. The number of nitrogens with one attached hydrogen (secondary N) is 1. The molecule has 86 valence electrons. The summed E-state index contributed by atoms with van der Waals surface area (Å²) in [4.78, 5) is 13.0. The lowest BCUT2D eigenvalue weighted by Gasteiger charge is -2.33. The zero-order chi connectivity index (χ0) is 11.9. The third-order valence-electron chi connectivity index (χ3n) is 2.50. The molecule has 5 heteroatoms. The molecule has 0 atom stereocenters. The number of rotatable bonds is 1. The number of hydrogen-bond acceptors (Lipinski definition) is 2. The van der Waals surface area contributed by atoms with E-state index in [1.807, 2.05) is 0 Å². The Bertz CT molecular complexity index is 446. The number of halogens is 2. The van der Waals surface area contributed by atoms with Crippen molar-refractivity contribution >= 4 is 17.3 Å².